The van der Waals surface area contributed by atoms with E-state index in [1.54, 1.807) is 6.92 Å². The zero-order valence-electron chi connectivity index (χ0n) is 13.3. The minimum absolute atomic E-state index is 0.0775. The molecule has 0 aliphatic heterocycles. The highest BCUT2D eigenvalue weighted by molar-refractivity contribution is 5.86. The first-order valence-corrected chi connectivity index (χ1v) is 8.16. The van der Waals surface area contributed by atoms with E-state index in [2.05, 4.69) is 12.2 Å². The molecule has 1 aromatic carbocycles. The smallest absolute Gasteiger partial charge is 0.244 e. The number of hydrogen-bond donors (Lipinski definition) is 2. The topological polar surface area (TPSA) is 55.1 Å². The van der Waals surface area contributed by atoms with Crippen molar-refractivity contribution in [3.63, 3.8) is 0 Å². The van der Waals surface area contributed by atoms with Crippen LogP contribution in [0.1, 0.15) is 51.5 Å². The summed E-state index contributed by atoms with van der Waals surface area (Å²) in [6.07, 6.45) is 6.34. The molecule has 0 bridgehead atoms. The maximum atomic E-state index is 12.4. The lowest BCUT2D eigenvalue weighted by atomic mass is 9.81. The highest BCUT2D eigenvalue weighted by Crippen LogP contribution is 2.30. The van der Waals surface area contributed by atoms with Crippen LogP contribution < -0.4 is 11.1 Å². The molecule has 0 aromatic heterocycles. The molecule has 0 spiro atoms. The van der Waals surface area contributed by atoms with Crippen molar-refractivity contribution in [2.24, 2.45) is 17.6 Å². The molecule has 0 radical (unpaired) electrons. The average molecular weight is 288 g/mol. The SMILES string of the molecule is CCC1CCC(CNC(=O)C(C)(N)c2ccccc2)CC1. The molecule has 1 amide bonds. The van der Waals surface area contributed by atoms with Crippen molar-refractivity contribution in [3.8, 4) is 0 Å². The van der Waals surface area contributed by atoms with Crippen LogP contribution in [0.3, 0.4) is 0 Å². The molecule has 1 unspecified atom stereocenters. The van der Waals surface area contributed by atoms with Gasteiger partial charge in [0.25, 0.3) is 0 Å². The van der Waals surface area contributed by atoms with Crippen molar-refractivity contribution in [2.75, 3.05) is 6.54 Å². The zero-order valence-corrected chi connectivity index (χ0v) is 13.3. The van der Waals surface area contributed by atoms with Crippen molar-refractivity contribution < 1.29 is 4.79 Å². The lowest BCUT2D eigenvalue weighted by Gasteiger charge is -2.30. The van der Waals surface area contributed by atoms with E-state index in [1.807, 2.05) is 30.3 Å². The monoisotopic (exact) mass is 288 g/mol. The quantitative estimate of drug-likeness (QED) is 0.874. The summed E-state index contributed by atoms with van der Waals surface area (Å²) < 4.78 is 0. The minimum atomic E-state index is -0.956. The van der Waals surface area contributed by atoms with E-state index < -0.39 is 5.54 Å². The predicted molar refractivity (Wildman–Crippen MR) is 86.7 cm³/mol. The molecular weight excluding hydrogens is 260 g/mol. The molecule has 116 valence electrons. The van der Waals surface area contributed by atoms with Crippen LogP contribution in [0.25, 0.3) is 0 Å². The summed E-state index contributed by atoms with van der Waals surface area (Å²) in [5, 5.41) is 3.06. The Kier molecular flexibility index (Phi) is 5.40. The van der Waals surface area contributed by atoms with Crippen LogP contribution in [0.5, 0.6) is 0 Å². The second kappa shape index (κ2) is 7.08. The Balaban J connectivity index is 1.85. The number of nitrogens with one attached hydrogen (secondary N) is 1. The van der Waals surface area contributed by atoms with Crippen molar-refractivity contribution >= 4 is 5.91 Å². The minimum Gasteiger partial charge on any atom is -0.354 e. The van der Waals surface area contributed by atoms with E-state index in [-0.39, 0.29) is 5.91 Å². The van der Waals surface area contributed by atoms with Crippen LogP contribution in [-0.2, 0) is 10.3 Å². The van der Waals surface area contributed by atoms with Gasteiger partial charge in [0.05, 0.1) is 0 Å². The summed E-state index contributed by atoms with van der Waals surface area (Å²) in [6, 6.07) is 9.58. The number of hydrogen-bond acceptors (Lipinski definition) is 2. The number of carbonyl (C=O) groups excluding carboxylic acids is 1. The Morgan fingerprint density at radius 1 is 1.19 bits per heavy atom. The second-order valence-corrected chi connectivity index (χ2v) is 6.57. The standard InChI is InChI=1S/C18H28N2O/c1-3-14-9-11-15(12-10-14)13-20-17(21)18(2,19)16-7-5-4-6-8-16/h4-8,14-15H,3,9-13,19H2,1-2H3,(H,20,21). The first kappa shape index (κ1) is 16.0. The lowest BCUT2D eigenvalue weighted by molar-refractivity contribution is -0.126. The Bertz CT molecular complexity index is 448. The van der Waals surface area contributed by atoms with E-state index in [9.17, 15) is 4.79 Å². The molecule has 1 atom stereocenters. The van der Waals surface area contributed by atoms with Crippen LogP contribution in [0.4, 0.5) is 0 Å². The Hall–Kier alpha value is -1.35. The Morgan fingerprint density at radius 2 is 1.76 bits per heavy atom. The van der Waals surface area contributed by atoms with Crippen LogP contribution in [0, 0.1) is 11.8 Å². The third kappa shape index (κ3) is 4.07. The fraction of sp³-hybridized carbons (Fsp3) is 0.611. The van der Waals surface area contributed by atoms with E-state index in [0.717, 1.165) is 18.0 Å². The predicted octanol–water partition coefficient (Wildman–Crippen LogP) is 3.19. The first-order valence-electron chi connectivity index (χ1n) is 8.16. The second-order valence-electron chi connectivity index (χ2n) is 6.57. The van der Waals surface area contributed by atoms with Crippen LogP contribution in [-0.4, -0.2) is 12.5 Å². The molecule has 0 saturated heterocycles. The molecule has 3 N–H and O–H groups in total. The maximum absolute atomic E-state index is 12.4. The molecule has 3 nitrogen and oxygen atoms in total. The summed E-state index contributed by atoms with van der Waals surface area (Å²) in [7, 11) is 0. The molecule has 2 rings (SSSR count). The largest absolute Gasteiger partial charge is 0.354 e. The van der Waals surface area contributed by atoms with Gasteiger partial charge in [-0.25, -0.2) is 0 Å². The molecule has 1 fully saturated rings. The van der Waals surface area contributed by atoms with Gasteiger partial charge in [-0.1, -0.05) is 56.5 Å². The van der Waals surface area contributed by atoms with Gasteiger partial charge in [-0.05, 0) is 37.2 Å². The van der Waals surface area contributed by atoms with Crippen molar-refractivity contribution in [1.82, 2.24) is 5.32 Å². The molecule has 0 heterocycles. The van der Waals surface area contributed by atoms with E-state index in [0.29, 0.717) is 5.92 Å². The number of nitrogens with two attached hydrogens (primary N) is 1. The molecular formula is C18H28N2O. The van der Waals surface area contributed by atoms with Gasteiger partial charge in [0, 0.05) is 6.54 Å². The van der Waals surface area contributed by atoms with Gasteiger partial charge in [0.2, 0.25) is 5.91 Å². The summed E-state index contributed by atoms with van der Waals surface area (Å²) >= 11 is 0. The fourth-order valence-corrected chi connectivity index (χ4v) is 3.18. The number of amides is 1. The number of benzene rings is 1. The Labute approximate surface area is 128 Å². The van der Waals surface area contributed by atoms with Crippen LogP contribution >= 0.6 is 0 Å². The van der Waals surface area contributed by atoms with Gasteiger partial charge >= 0.3 is 0 Å². The summed E-state index contributed by atoms with van der Waals surface area (Å²) in [4.78, 5) is 12.4. The zero-order chi connectivity index (χ0) is 15.3. The van der Waals surface area contributed by atoms with Crippen LogP contribution in [0.2, 0.25) is 0 Å². The maximum Gasteiger partial charge on any atom is 0.244 e. The van der Waals surface area contributed by atoms with Crippen molar-refractivity contribution in [3.05, 3.63) is 35.9 Å². The summed E-state index contributed by atoms with van der Waals surface area (Å²) in [5.41, 5.74) is 6.13. The van der Waals surface area contributed by atoms with Crippen molar-refractivity contribution in [1.29, 1.82) is 0 Å². The highest BCUT2D eigenvalue weighted by atomic mass is 16.2. The number of carbonyl (C=O) groups is 1. The average Bonchev–Trinajstić information content (AvgIpc) is 2.53. The van der Waals surface area contributed by atoms with E-state index in [1.165, 1.54) is 32.1 Å². The van der Waals surface area contributed by atoms with Gasteiger partial charge in [-0.15, -0.1) is 0 Å². The van der Waals surface area contributed by atoms with Crippen molar-refractivity contribution in [2.45, 2.75) is 51.5 Å². The molecule has 1 aliphatic rings. The highest BCUT2D eigenvalue weighted by Gasteiger charge is 2.31. The first-order chi connectivity index (χ1) is 10.0. The molecule has 1 aromatic rings. The van der Waals surface area contributed by atoms with Gasteiger partial charge < -0.3 is 11.1 Å². The molecule has 1 saturated carbocycles. The third-order valence-electron chi connectivity index (χ3n) is 4.94. The van der Waals surface area contributed by atoms with E-state index in [4.69, 9.17) is 5.73 Å². The van der Waals surface area contributed by atoms with Gasteiger partial charge in [0.15, 0.2) is 0 Å². The summed E-state index contributed by atoms with van der Waals surface area (Å²) in [5.74, 6) is 1.43. The fourth-order valence-electron chi connectivity index (χ4n) is 3.18. The molecule has 21 heavy (non-hydrogen) atoms. The lowest BCUT2D eigenvalue weighted by Crippen LogP contribution is -2.50. The molecule has 3 heteroatoms. The summed E-state index contributed by atoms with van der Waals surface area (Å²) in [6.45, 7) is 4.81. The van der Waals surface area contributed by atoms with E-state index >= 15 is 0 Å². The van der Waals surface area contributed by atoms with Gasteiger partial charge in [-0.2, -0.15) is 0 Å². The Morgan fingerprint density at radius 3 is 2.33 bits per heavy atom. The van der Waals surface area contributed by atoms with Gasteiger partial charge in [-0.3, -0.25) is 4.79 Å². The molecule has 1 aliphatic carbocycles. The normalized spacial score (nSPS) is 25.1. The third-order valence-corrected chi connectivity index (χ3v) is 4.94. The van der Waals surface area contributed by atoms with Gasteiger partial charge in [0.1, 0.15) is 5.54 Å². The van der Waals surface area contributed by atoms with Crippen LogP contribution in [0.15, 0.2) is 30.3 Å². The number of rotatable bonds is 5.